The molecule has 11 heteroatoms. The van der Waals surface area contributed by atoms with E-state index in [1.807, 2.05) is 24.4 Å². The third kappa shape index (κ3) is 6.91. The van der Waals surface area contributed by atoms with Crippen molar-refractivity contribution in [1.29, 1.82) is 5.41 Å². The van der Waals surface area contributed by atoms with Crippen LogP contribution in [0.1, 0.15) is 32.2 Å². The highest BCUT2D eigenvalue weighted by atomic mass is 35.5. The van der Waals surface area contributed by atoms with Gasteiger partial charge in [-0.05, 0) is 48.9 Å². The van der Waals surface area contributed by atoms with Gasteiger partial charge in [0.15, 0.2) is 0 Å². The molecule has 2 aromatic carbocycles. The minimum absolute atomic E-state index is 0.00117. The van der Waals surface area contributed by atoms with E-state index in [4.69, 9.17) is 21.7 Å². The summed E-state index contributed by atoms with van der Waals surface area (Å²) in [4.78, 5) is 23.1. The molecule has 190 valence electrons. The predicted molar refractivity (Wildman–Crippen MR) is 142 cm³/mol. The largest absolute Gasteiger partial charge is 0.456 e. The Morgan fingerprint density at radius 1 is 1.08 bits per heavy atom. The van der Waals surface area contributed by atoms with Crippen molar-refractivity contribution in [3.63, 3.8) is 0 Å². The summed E-state index contributed by atoms with van der Waals surface area (Å²) in [7, 11) is 0. The molecule has 0 bridgehead atoms. The predicted octanol–water partition coefficient (Wildman–Crippen LogP) is 8.28. The third-order valence-electron chi connectivity index (χ3n) is 5.13. The molecular weight excluding hydrogens is 543 g/mol. The van der Waals surface area contributed by atoms with Crippen LogP contribution in [-0.4, -0.2) is 28.6 Å². The molecular formula is C26H19ClF3N3O2S2. The lowest BCUT2D eigenvalue weighted by Gasteiger charge is -2.12. The third-order valence-corrected chi connectivity index (χ3v) is 7.30. The molecule has 0 spiro atoms. The summed E-state index contributed by atoms with van der Waals surface area (Å²) in [6, 6.07) is 16.1. The maximum absolute atomic E-state index is 13.1. The van der Waals surface area contributed by atoms with Gasteiger partial charge in [0.1, 0.15) is 12.3 Å². The van der Waals surface area contributed by atoms with Gasteiger partial charge in [0, 0.05) is 16.7 Å². The Morgan fingerprint density at radius 3 is 2.43 bits per heavy atom. The van der Waals surface area contributed by atoms with Crippen molar-refractivity contribution in [2.24, 2.45) is 4.99 Å². The molecule has 4 aromatic rings. The number of carbonyl (C=O) groups is 1. The van der Waals surface area contributed by atoms with Gasteiger partial charge in [0.05, 0.1) is 37.6 Å². The highest BCUT2D eigenvalue weighted by Gasteiger charge is 2.35. The number of hydrogen-bond donors (Lipinski definition) is 1. The smallest absolute Gasteiger partial charge is 0.429 e. The van der Waals surface area contributed by atoms with E-state index in [0.29, 0.717) is 5.56 Å². The highest BCUT2D eigenvalue weighted by Crippen LogP contribution is 2.30. The quantitative estimate of drug-likeness (QED) is 0.174. The van der Waals surface area contributed by atoms with Crippen LogP contribution >= 0.6 is 34.3 Å². The van der Waals surface area contributed by atoms with E-state index in [1.165, 1.54) is 35.6 Å². The van der Waals surface area contributed by atoms with Crippen molar-refractivity contribution in [3.05, 3.63) is 92.1 Å². The second-order valence-corrected chi connectivity index (χ2v) is 10.5. The molecule has 2 heterocycles. The zero-order valence-electron chi connectivity index (χ0n) is 19.3. The van der Waals surface area contributed by atoms with Crippen LogP contribution in [0.3, 0.4) is 0 Å². The molecule has 0 saturated heterocycles. The number of nitrogens with one attached hydrogen (secondary N) is 1. The monoisotopic (exact) mass is 561 g/mol. The number of nitrogens with zero attached hydrogens (tertiary/aromatic N) is 2. The van der Waals surface area contributed by atoms with Gasteiger partial charge >= 0.3 is 12.1 Å². The first kappa shape index (κ1) is 26.7. The van der Waals surface area contributed by atoms with Crippen LogP contribution in [0.15, 0.2) is 71.0 Å². The van der Waals surface area contributed by atoms with Crippen molar-refractivity contribution in [3.8, 4) is 10.6 Å². The first-order valence-electron chi connectivity index (χ1n) is 10.9. The maximum atomic E-state index is 13.1. The molecule has 2 aromatic heterocycles. The first-order chi connectivity index (χ1) is 17.6. The van der Waals surface area contributed by atoms with E-state index >= 15 is 0 Å². The van der Waals surface area contributed by atoms with Crippen molar-refractivity contribution in [2.75, 3.05) is 0 Å². The fraction of sp³-hybridized carbons (Fsp3) is 0.154. The summed E-state index contributed by atoms with van der Waals surface area (Å²) < 4.78 is 44.6. The Morgan fingerprint density at radius 2 is 1.78 bits per heavy atom. The molecule has 0 aliphatic heterocycles. The minimum Gasteiger partial charge on any atom is -0.456 e. The number of aliphatic imine (C=N–C) groups is 1. The number of aryl methyl sites for hydroxylation is 1. The molecule has 0 amide bonds. The number of ether oxygens (including phenoxy) is 1. The number of hydrogen-bond acceptors (Lipinski definition) is 7. The van der Waals surface area contributed by atoms with Gasteiger partial charge in [-0.25, -0.2) is 9.78 Å². The number of benzene rings is 2. The number of esters is 1. The molecule has 0 aliphatic carbocycles. The average Bonchev–Trinajstić information content (AvgIpc) is 3.52. The van der Waals surface area contributed by atoms with Crippen molar-refractivity contribution in [1.82, 2.24) is 4.98 Å². The van der Waals surface area contributed by atoms with Crippen molar-refractivity contribution >= 4 is 57.4 Å². The summed E-state index contributed by atoms with van der Waals surface area (Å²) >= 11 is 9.17. The summed E-state index contributed by atoms with van der Waals surface area (Å²) in [6.45, 7) is 2.01. The number of carbonyl (C=O) groups excluding carboxylic acids is 1. The lowest BCUT2D eigenvalue weighted by Crippen LogP contribution is -2.25. The van der Waals surface area contributed by atoms with Gasteiger partial charge in [0.2, 0.25) is 0 Å². The Hall–Kier alpha value is -3.34. The molecule has 4 rings (SSSR count). The fourth-order valence-electron chi connectivity index (χ4n) is 3.25. The molecule has 1 N–H and O–H groups in total. The minimum atomic E-state index is -4.79. The maximum Gasteiger partial charge on any atom is 0.429 e. The number of thiazole rings is 1. The van der Waals surface area contributed by atoms with E-state index < -0.39 is 24.3 Å². The second-order valence-electron chi connectivity index (χ2n) is 7.83. The van der Waals surface area contributed by atoms with E-state index in [1.54, 1.807) is 35.6 Å². The molecule has 0 fully saturated rings. The zero-order valence-corrected chi connectivity index (χ0v) is 21.7. The highest BCUT2D eigenvalue weighted by molar-refractivity contribution is 7.16. The van der Waals surface area contributed by atoms with E-state index in [2.05, 4.69) is 9.98 Å². The molecule has 0 radical (unpaired) electrons. The molecule has 37 heavy (non-hydrogen) atoms. The van der Waals surface area contributed by atoms with Gasteiger partial charge < -0.3 is 10.1 Å². The van der Waals surface area contributed by atoms with Crippen molar-refractivity contribution < 1.29 is 22.7 Å². The Kier molecular flexibility index (Phi) is 8.21. The number of alkyl halides is 3. The number of halogens is 4. The van der Waals surface area contributed by atoms with Crippen LogP contribution in [0.25, 0.3) is 10.6 Å². The molecule has 0 saturated carbocycles. The van der Waals surface area contributed by atoms with E-state index in [-0.39, 0.29) is 28.6 Å². The fourth-order valence-corrected chi connectivity index (χ4v) is 5.00. The Labute approximate surface area is 223 Å². The van der Waals surface area contributed by atoms with Crippen LogP contribution in [0.5, 0.6) is 0 Å². The second kappa shape index (κ2) is 11.4. The molecule has 0 aliphatic rings. The molecule has 0 atom stereocenters. The van der Waals surface area contributed by atoms with Crippen LogP contribution in [-0.2, 0) is 11.3 Å². The van der Waals surface area contributed by atoms with Gasteiger partial charge in [-0.1, -0.05) is 35.9 Å². The summed E-state index contributed by atoms with van der Waals surface area (Å²) in [5.41, 5.74) is 0.281. The molecule has 0 unspecified atom stereocenters. The van der Waals surface area contributed by atoms with Gasteiger partial charge in [-0.15, -0.1) is 22.7 Å². The lowest BCUT2D eigenvalue weighted by atomic mass is 10.0. The number of para-hydroxylation sites is 1. The number of aromatic nitrogens is 1. The van der Waals surface area contributed by atoms with Gasteiger partial charge in [0.25, 0.3) is 0 Å². The summed E-state index contributed by atoms with van der Waals surface area (Å²) in [6.07, 6.45) is -5.54. The Balaban J connectivity index is 1.48. The Bertz CT molecular complexity index is 1460. The van der Waals surface area contributed by atoms with E-state index in [0.717, 1.165) is 20.5 Å². The first-order valence-corrected chi connectivity index (χ1v) is 12.9. The SMILES string of the molecule is Cc1nc(-c2ccc(COC(=O)c3ccc(C(CC(=N)C(F)(F)F)=Nc4ccccc4Cl)cc3)s2)cs1. The van der Waals surface area contributed by atoms with Crippen LogP contribution in [0, 0.1) is 12.3 Å². The normalized spacial score (nSPS) is 12.0. The average molecular weight is 562 g/mol. The summed E-state index contributed by atoms with van der Waals surface area (Å²) in [5.74, 6) is -0.571. The van der Waals surface area contributed by atoms with Crippen molar-refractivity contribution in [2.45, 2.75) is 26.1 Å². The van der Waals surface area contributed by atoms with Gasteiger partial charge in [-0.2, -0.15) is 13.2 Å². The number of thiophene rings is 1. The zero-order chi connectivity index (χ0) is 26.6. The number of rotatable bonds is 8. The van der Waals surface area contributed by atoms with Gasteiger partial charge in [-0.3, -0.25) is 4.99 Å². The van der Waals surface area contributed by atoms with E-state index in [9.17, 15) is 18.0 Å². The van der Waals surface area contributed by atoms with Crippen LogP contribution in [0.4, 0.5) is 18.9 Å². The van der Waals surface area contributed by atoms with Crippen LogP contribution < -0.4 is 0 Å². The topological polar surface area (TPSA) is 75.4 Å². The molecule has 5 nitrogen and oxygen atoms in total. The lowest BCUT2D eigenvalue weighted by molar-refractivity contribution is -0.0605. The standard InChI is InChI=1S/C26H19ClF3N3O2S2/c1-15-32-22(14-36-15)23-11-10-18(37-23)13-35-25(34)17-8-6-16(7-9-17)21(12-24(31)26(28,29)30)33-20-5-3-2-4-19(20)27/h2-11,14,31H,12-13H2,1H3. The summed E-state index contributed by atoms with van der Waals surface area (Å²) in [5, 5.41) is 10.6. The van der Waals surface area contributed by atoms with Crippen LogP contribution in [0.2, 0.25) is 5.02 Å².